The number of aliphatic hydroxyl groups excluding tert-OH is 1. The Morgan fingerprint density at radius 3 is 3.08 bits per heavy atom. The van der Waals surface area contributed by atoms with Crippen LogP contribution in [0.2, 0.25) is 0 Å². The number of aliphatic hydroxyl groups is 1. The molecule has 0 radical (unpaired) electrons. The van der Waals surface area contributed by atoms with E-state index in [4.69, 9.17) is 13.6 Å². The van der Waals surface area contributed by atoms with Crippen LogP contribution in [0.15, 0.2) is 33.3 Å². The number of hydrogen-bond donors (Lipinski definition) is 1. The summed E-state index contributed by atoms with van der Waals surface area (Å²) < 4.78 is 15.7. The summed E-state index contributed by atoms with van der Waals surface area (Å²) in [5, 5.41) is 10.3. The number of ether oxygens (including phenoxy) is 1. The van der Waals surface area contributed by atoms with E-state index < -0.39 is 6.10 Å². The molecule has 2 aromatic rings. The van der Waals surface area contributed by atoms with Gasteiger partial charge in [-0.2, -0.15) is 0 Å². The van der Waals surface area contributed by atoms with Crippen LogP contribution in [-0.2, 0) is 11.3 Å². The van der Waals surface area contributed by atoms with Crippen LogP contribution in [0.4, 0.5) is 0 Å². The quantitative estimate of drug-likeness (QED) is 0.819. The maximum atomic E-state index is 11.7. The first-order valence-electron chi connectivity index (χ1n) is 8.21. The Labute approximate surface area is 141 Å². The molecule has 0 spiro atoms. The third-order valence-electron chi connectivity index (χ3n) is 4.60. The Kier molecular flexibility index (Phi) is 5.06. The monoisotopic (exact) mass is 333 g/mol. The molecule has 1 N–H and O–H groups in total. The fourth-order valence-electron chi connectivity index (χ4n) is 3.36. The number of carbonyl (C=O) groups excluding carboxylic acids is 1. The molecule has 2 aromatic heterocycles. The van der Waals surface area contributed by atoms with Gasteiger partial charge in [-0.15, -0.1) is 0 Å². The summed E-state index contributed by atoms with van der Waals surface area (Å²) in [6.07, 6.45) is 3.71. The van der Waals surface area contributed by atoms with Crippen molar-refractivity contribution in [3.05, 3.63) is 47.3 Å². The summed E-state index contributed by atoms with van der Waals surface area (Å²) in [6.45, 7) is 3.33. The number of furan rings is 2. The van der Waals surface area contributed by atoms with Gasteiger partial charge in [0.25, 0.3) is 0 Å². The van der Waals surface area contributed by atoms with Gasteiger partial charge in [0.1, 0.15) is 28.9 Å². The minimum Gasteiger partial charge on any atom is -0.467 e. The molecule has 2 unspecified atom stereocenters. The molecule has 3 rings (SSSR count). The molecule has 130 valence electrons. The lowest BCUT2D eigenvalue weighted by molar-refractivity contribution is 0.0598. The molecule has 1 aliphatic rings. The molecule has 2 atom stereocenters. The minimum absolute atomic E-state index is 0.261. The van der Waals surface area contributed by atoms with E-state index in [0.29, 0.717) is 30.0 Å². The van der Waals surface area contributed by atoms with Crippen LogP contribution in [0.5, 0.6) is 0 Å². The lowest BCUT2D eigenvalue weighted by atomic mass is 10.1. The second-order valence-electron chi connectivity index (χ2n) is 6.21. The third kappa shape index (κ3) is 3.55. The first kappa shape index (κ1) is 16.8. The zero-order valence-electron chi connectivity index (χ0n) is 14.0. The predicted octanol–water partition coefficient (Wildman–Crippen LogP) is 3.06. The van der Waals surface area contributed by atoms with Crippen LogP contribution in [0.1, 0.15) is 53.0 Å². The molecule has 0 aliphatic carbocycles. The van der Waals surface area contributed by atoms with Crippen LogP contribution < -0.4 is 0 Å². The summed E-state index contributed by atoms with van der Waals surface area (Å²) in [5.74, 6) is 1.54. The summed E-state index contributed by atoms with van der Waals surface area (Å²) >= 11 is 0. The van der Waals surface area contributed by atoms with Crippen LogP contribution in [0.25, 0.3) is 0 Å². The molecule has 1 fully saturated rings. The van der Waals surface area contributed by atoms with Crippen molar-refractivity contribution in [1.82, 2.24) is 4.90 Å². The van der Waals surface area contributed by atoms with Gasteiger partial charge in [-0.05, 0) is 50.9 Å². The number of carbonyl (C=O) groups is 1. The number of likely N-dealkylation sites (tertiary alicyclic amines) is 1. The summed E-state index contributed by atoms with van der Waals surface area (Å²) in [5.41, 5.74) is 0.471. The summed E-state index contributed by atoms with van der Waals surface area (Å²) in [4.78, 5) is 14.0. The highest BCUT2D eigenvalue weighted by molar-refractivity contribution is 5.90. The molecule has 6 heteroatoms. The SMILES string of the molecule is COC(=O)c1cc(CN2CCCC2CC(O)c2ccco2)oc1C. The van der Waals surface area contributed by atoms with Crippen molar-refractivity contribution in [2.45, 2.75) is 44.9 Å². The van der Waals surface area contributed by atoms with Gasteiger partial charge in [0, 0.05) is 6.04 Å². The zero-order chi connectivity index (χ0) is 17.1. The lowest BCUT2D eigenvalue weighted by Crippen LogP contribution is -2.30. The molecule has 0 saturated carbocycles. The van der Waals surface area contributed by atoms with Gasteiger partial charge >= 0.3 is 5.97 Å². The Morgan fingerprint density at radius 2 is 2.38 bits per heavy atom. The largest absolute Gasteiger partial charge is 0.467 e. The molecule has 3 heterocycles. The minimum atomic E-state index is -0.602. The average molecular weight is 333 g/mol. The second-order valence-corrected chi connectivity index (χ2v) is 6.21. The number of aryl methyl sites for hydroxylation is 1. The van der Waals surface area contributed by atoms with E-state index in [-0.39, 0.29) is 12.0 Å². The standard InChI is InChI=1S/C18H23NO5/c1-12-15(18(21)22-2)10-14(24-12)11-19-7-3-5-13(19)9-16(20)17-6-4-8-23-17/h4,6,8,10,13,16,20H,3,5,7,9,11H2,1-2H3. The van der Waals surface area contributed by atoms with Crippen molar-refractivity contribution in [2.24, 2.45) is 0 Å². The molecular weight excluding hydrogens is 310 g/mol. The van der Waals surface area contributed by atoms with Gasteiger partial charge in [0.15, 0.2) is 0 Å². The van der Waals surface area contributed by atoms with Gasteiger partial charge in [-0.1, -0.05) is 0 Å². The smallest absolute Gasteiger partial charge is 0.341 e. The van der Waals surface area contributed by atoms with Gasteiger partial charge in [-0.25, -0.2) is 4.79 Å². The van der Waals surface area contributed by atoms with E-state index in [1.54, 1.807) is 31.4 Å². The third-order valence-corrected chi connectivity index (χ3v) is 4.60. The average Bonchev–Trinajstić information content (AvgIpc) is 3.29. The van der Waals surface area contributed by atoms with E-state index in [9.17, 15) is 9.90 Å². The number of hydrogen-bond acceptors (Lipinski definition) is 6. The highest BCUT2D eigenvalue weighted by Crippen LogP contribution is 2.29. The number of rotatable bonds is 6. The van der Waals surface area contributed by atoms with Crippen molar-refractivity contribution < 1.29 is 23.5 Å². The predicted molar refractivity (Wildman–Crippen MR) is 86.5 cm³/mol. The molecule has 0 amide bonds. The van der Waals surface area contributed by atoms with Crippen LogP contribution in [0.3, 0.4) is 0 Å². The maximum absolute atomic E-state index is 11.7. The van der Waals surface area contributed by atoms with Gasteiger partial charge in [0.2, 0.25) is 0 Å². The van der Waals surface area contributed by atoms with Crippen molar-refractivity contribution in [1.29, 1.82) is 0 Å². The molecule has 24 heavy (non-hydrogen) atoms. The van der Waals surface area contributed by atoms with Crippen molar-refractivity contribution in [3.8, 4) is 0 Å². The first-order valence-corrected chi connectivity index (χ1v) is 8.21. The van der Waals surface area contributed by atoms with Crippen molar-refractivity contribution in [2.75, 3.05) is 13.7 Å². The van der Waals surface area contributed by atoms with Gasteiger partial charge in [0.05, 0.1) is 19.9 Å². The van der Waals surface area contributed by atoms with E-state index in [2.05, 4.69) is 4.90 Å². The summed E-state index contributed by atoms with van der Waals surface area (Å²) in [6, 6.07) is 5.59. The number of methoxy groups -OCH3 is 1. The van der Waals surface area contributed by atoms with Crippen LogP contribution >= 0.6 is 0 Å². The highest BCUT2D eigenvalue weighted by Gasteiger charge is 2.29. The van der Waals surface area contributed by atoms with Crippen molar-refractivity contribution in [3.63, 3.8) is 0 Å². The Bertz CT molecular complexity index is 676. The maximum Gasteiger partial charge on any atom is 0.341 e. The lowest BCUT2D eigenvalue weighted by Gasteiger charge is -2.25. The van der Waals surface area contributed by atoms with Gasteiger partial charge < -0.3 is 18.7 Å². The fourth-order valence-corrected chi connectivity index (χ4v) is 3.36. The molecule has 1 aliphatic heterocycles. The summed E-state index contributed by atoms with van der Waals surface area (Å²) in [7, 11) is 1.36. The topological polar surface area (TPSA) is 76.0 Å². The molecule has 1 saturated heterocycles. The number of nitrogens with zero attached hydrogens (tertiary/aromatic N) is 1. The van der Waals surface area contributed by atoms with Gasteiger partial charge in [-0.3, -0.25) is 4.90 Å². The molecular formula is C18H23NO5. The molecule has 0 bridgehead atoms. The van der Waals surface area contributed by atoms with Crippen molar-refractivity contribution >= 4 is 5.97 Å². The molecule has 0 aromatic carbocycles. The Morgan fingerprint density at radius 1 is 1.54 bits per heavy atom. The fraction of sp³-hybridized carbons (Fsp3) is 0.500. The first-order chi connectivity index (χ1) is 11.6. The highest BCUT2D eigenvalue weighted by atomic mass is 16.5. The Hall–Kier alpha value is -2.05. The van der Waals surface area contributed by atoms with E-state index >= 15 is 0 Å². The van der Waals surface area contributed by atoms with E-state index in [1.807, 2.05) is 0 Å². The molecule has 6 nitrogen and oxygen atoms in total. The number of esters is 1. The van der Waals surface area contributed by atoms with Crippen LogP contribution in [-0.4, -0.2) is 35.7 Å². The second kappa shape index (κ2) is 7.23. The van der Waals surface area contributed by atoms with E-state index in [0.717, 1.165) is 25.1 Å². The normalized spacial score (nSPS) is 19.5. The van der Waals surface area contributed by atoms with Crippen LogP contribution in [0, 0.1) is 6.92 Å². The Balaban J connectivity index is 1.65. The zero-order valence-corrected chi connectivity index (χ0v) is 14.0. The van der Waals surface area contributed by atoms with E-state index in [1.165, 1.54) is 7.11 Å².